The Balaban J connectivity index is 1.25. The molecule has 0 saturated heterocycles. The summed E-state index contributed by atoms with van der Waals surface area (Å²) in [6.45, 7) is 0. The Labute approximate surface area is 346 Å². The van der Waals surface area contributed by atoms with Crippen LogP contribution in [0.3, 0.4) is 0 Å². The predicted molar refractivity (Wildman–Crippen MR) is 246 cm³/mol. The van der Waals surface area contributed by atoms with Gasteiger partial charge in [-0.1, -0.05) is 146 Å². The van der Waals surface area contributed by atoms with E-state index >= 15 is 0 Å². The average Bonchev–Trinajstić information content (AvgIpc) is 3.29. The van der Waals surface area contributed by atoms with E-state index in [9.17, 15) is 9.59 Å². The van der Waals surface area contributed by atoms with Crippen LogP contribution < -0.4 is 10.9 Å². The monoisotopic (exact) mass is 791 g/mol. The van der Waals surface area contributed by atoms with Crippen molar-refractivity contribution in [2.45, 2.75) is 5.41 Å². The van der Waals surface area contributed by atoms with E-state index in [0.717, 1.165) is 80.4 Å². The van der Waals surface area contributed by atoms with Crippen LogP contribution in [0, 0.1) is 9.02 Å². The third kappa shape index (κ3) is 4.46. The molecule has 5 heterocycles. The lowest BCUT2D eigenvalue weighted by Crippen LogP contribution is -2.31. The summed E-state index contributed by atoms with van der Waals surface area (Å²) >= 11 is 12.5. The first-order chi connectivity index (χ1) is 29.0. The first-order valence-corrected chi connectivity index (χ1v) is 20.3. The Morgan fingerprint density at radius 2 is 0.797 bits per heavy atom. The summed E-state index contributed by atoms with van der Waals surface area (Å²) in [5.74, 6) is 0. The van der Waals surface area contributed by atoms with Gasteiger partial charge in [-0.25, -0.2) is 0 Å². The molecule has 12 aromatic rings. The van der Waals surface area contributed by atoms with E-state index in [2.05, 4.69) is 117 Å². The summed E-state index contributed by atoms with van der Waals surface area (Å²) in [7, 11) is 0. The molecule has 7 aromatic carbocycles. The number of aromatic nitrogens is 3. The van der Waals surface area contributed by atoms with Gasteiger partial charge in [0.2, 0.25) is 0 Å². The van der Waals surface area contributed by atoms with Crippen molar-refractivity contribution in [1.82, 2.24) is 13.8 Å². The summed E-state index contributed by atoms with van der Waals surface area (Å²) in [4.78, 5) is 33.0. The zero-order valence-corrected chi connectivity index (χ0v) is 32.9. The molecule has 59 heavy (non-hydrogen) atoms. The van der Waals surface area contributed by atoms with E-state index in [1.165, 1.54) is 0 Å². The molecule has 0 saturated carbocycles. The van der Waals surface area contributed by atoms with Crippen LogP contribution in [-0.2, 0) is 5.41 Å². The van der Waals surface area contributed by atoms with Gasteiger partial charge in [-0.05, 0) is 64.7 Å². The maximum absolute atomic E-state index is 14.8. The lowest BCUT2D eigenvalue weighted by molar-refractivity contribution is 0.747. The van der Waals surface area contributed by atoms with Gasteiger partial charge in [-0.2, -0.15) is 0 Å². The van der Waals surface area contributed by atoms with E-state index in [1.54, 1.807) is 12.4 Å². The Kier molecular flexibility index (Phi) is 7.13. The highest BCUT2D eigenvalue weighted by molar-refractivity contribution is 7.72. The van der Waals surface area contributed by atoms with Crippen molar-refractivity contribution in [3.8, 4) is 0 Å². The number of benzene rings is 7. The quantitative estimate of drug-likeness (QED) is 0.0769. The number of para-hydroxylation sites is 3. The van der Waals surface area contributed by atoms with Crippen LogP contribution in [0.2, 0.25) is 0 Å². The van der Waals surface area contributed by atoms with Crippen molar-refractivity contribution in [3.63, 3.8) is 0 Å². The van der Waals surface area contributed by atoms with E-state index in [4.69, 9.17) is 24.4 Å². The second-order valence-corrected chi connectivity index (χ2v) is 16.1. The first-order valence-electron chi connectivity index (χ1n) is 19.4. The topological polar surface area (TPSA) is 55.9 Å². The molecule has 5 aromatic heterocycles. The van der Waals surface area contributed by atoms with E-state index in [0.29, 0.717) is 27.1 Å². The zero-order chi connectivity index (χ0) is 39.6. The van der Waals surface area contributed by atoms with Gasteiger partial charge in [0.05, 0.1) is 58.3 Å². The fourth-order valence-corrected chi connectivity index (χ4v) is 10.6. The number of nitrogens with zero attached hydrogens (tertiary/aromatic N) is 3. The predicted octanol–water partition coefficient (Wildman–Crippen LogP) is 11.9. The minimum absolute atomic E-state index is 0.138. The van der Waals surface area contributed by atoms with Crippen molar-refractivity contribution in [3.05, 3.63) is 228 Å². The Morgan fingerprint density at radius 3 is 1.41 bits per heavy atom. The van der Waals surface area contributed by atoms with Gasteiger partial charge < -0.3 is 8.80 Å². The van der Waals surface area contributed by atoms with Gasteiger partial charge in [-0.15, -0.1) is 0 Å². The normalized spacial score (nSPS) is 12.3. The van der Waals surface area contributed by atoms with Crippen LogP contribution in [0.25, 0.3) is 76.2 Å². The highest BCUT2D eigenvalue weighted by Crippen LogP contribution is 2.47. The minimum atomic E-state index is -0.901. The van der Waals surface area contributed by atoms with Gasteiger partial charge >= 0.3 is 0 Å². The molecule has 7 heteroatoms. The molecule has 0 radical (unpaired) electrons. The maximum atomic E-state index is 14.8. The molecular formula is C52H29N3O2S2. The van der Waals surface area contributed by atoms with Crippen molar-refractivity contribution in [2.75, 3.05) is 0 Å². The molecule has 0 aliphatic carbocycles. The average molecular weight is 792 g/mol. The van der Waals surface area contributed by atoms with Crippen LogP contribution >= 0.6 is 24.4 Å². The molecule has 0 N–H and O–H groups in total. The summed E-state index contributed by atoms with van der Waals surface area (Å²) in [5.41, 5.74) is 7.83. The van der Waals surface area contributed by atoms with Crippen LogP contribution in [0.4, 0.5) is 0 Å². The van der Waals surface area contributed by atoms with Gasteiger partial charge in [0.25, 0.3) is 0 Å². The molecule has 12 rings (SSSR count). The summed E-state index contributed by atoms with van der Waals surface area (Å²) in [5, 5.41) is 5.85. The van der Waals surface area contributed by atoms with Crippen molar-refractivity contribution < 1.29 is 0 Å². The van der Waals surface area contributed by atoms with Crippen LogP contribution in [0.1, 0.15) is 22.3 Å². The largest absolute Gasteiger partial charge is 0.308 e. The highest BCUT2D eigenvalue weighted by atomic mass is 32.1. The maximum Gasteiger partial charge on any atom is 0.198 e. The van der Waals surface area contributed by atoms with Gasteiger partial charge in [0.15, 0.2) is 10.9 Å². The highest BCUT2D eigenvalue weighted by Gasteiger charge is 2.39. The Bertz CT molecular complexity index is 3730. The molecule has 0 aliphatic heterocycles. The fourth-order valence-electron chi connectivity index (χ4n) is 9.89. The van der Waals surface area contributed by atoms with Crippen LogP contribution in [-0.4, -0.2) is 13.8 Å². The molecule has 0 aliphatic rings. The van der Waals surface area contributed by atoms with E-state index in [1.807, 2.05) is 60.7 Å². The lowest BCUT2D eigenvalue weighted by Gasteiger charge is -2.37. The van der Waals surface area contributed by atoms with Gasteiger partial charge in [0, 0.05) is 44.7 Å². The third-order valence-electron chi connectivity index (χ3n) is 12.4. The second-order valence-electron chi connectivity index (χ2n) is 15.3. The molecular weight excluding hydrogens is 763 g/mol. The Hall–Kier alpha value is -7.19. The molecule has 0 fully saturated rings. The van der Waals surface area contributed by atoms with Crippen LogP contribution in [0.15, 0.2) is 186 Å². The standard InChI is InChI=1S/C52H29N3O2S2/c56-48-34-16-7-9-20-42(34)54-44-24-22-32(26-38(44)49(57)41-29-53-28-40(48)47(41)54)52(30-12-3-1-4-13-30,31-14-5-2-6-15-31)33-23-25-45-39(27-33)51(59)37-19-11-18-36-46(37)55(45)43-21-10-8-17-35(43)50(36)58/h1-29H. The minimum Gasteiger partial charge on any atom is -0.308 e. The number of fused-ring (bicyclic) bond motifs is 8. The number of pyridine rings is 5. The molecule has 0 unspecified atom stereocenters. The van der Waals surface area contributed by atoms with Gasteiger partial charge in [-0.3, -0.25) is 14.6 Å². The second kappa shape index (κ2) is 12.4. The summed E-state index contributed by atoms with van der Waals surface area (Å²) < 4.78 is 5.95. The molecule has 0 bridgehead atoms. The molecule has 0 atom stereocenters. The smallest absolute Gasteiger partial charge is 0.198 e. The van der Waals surface area contributed by atoms with Crippen molar-refractivity contribution >= 4 is 101 Å². The number of hydrogen-bond donors (Lipinski definition) is 0. The SMILES string of the molecule is O=c1c2ccccc2n2c3ccc(C(c4ccccc4)(c4ccccc4)c4ccc5c(c4)c(=S)c4cccc6c(=S)c7ccccc7n5c64)cc3c(=O)c3cncc1c32. The zero-order valence-electron chi connectivity index (χ0n) is 31.2. The summed E-state index contributed by atoms with van der Waals surface area (Å²) in [6.07, 6.45) is 3.16. The van der Waals surface area contributed by atoms with E-state index < -0.39 is 5.41 Å². The lowest BCUT2D eigenvalue weighted by atomic mass is 9.65. The van der Waals surface area contributed by atoms with Crippen LogP contribution in [0.5, 0.6) is 0 Å². The molecule has 0 amide bonds. The van der Waals surface area contributed by atoms with E-state index in [-0.39, 0.29) is 10.9 Å². The van der Waals surface area contributed by atoms with Crippen molar-refractivity contribution in [1.29, 1.82) is 0 Å². The van der Waals surface area contributed by atoms with Crippen molar-refractivity contribution in [2.24, 2.45) is 0 Å². The first kappa shape index (κ1) is 33.9. The fraction of sp³-hybridized carbons (Fsp3) is 0.0192. The number of rotatable bonds is 4. The number of hydrogen-bond acceptors (Lipinski definition) is 5. The molecule has 0 spiro atoms. The molecule has 5 nitrogen and oxygen atoms in total. The Morgan fingerprint density at radius 1 is 0.373 bits per heavy atom. The third-order valence-corrected chi connectivity index (χ3v) is 13.3. The summed E-state index contributed by atoms with van der Waals surface area (Å²) in [6, 6.07) is 56.0. The van der Waals surface area contributed by atoms with Gasteiger partial charge in [0.1, 0.15) is 0 Å². The molecule has 276 valence electrons.